The molecule has 3 aromatic rings. The van der Waals surface area contributed by atoms with Crippen molar-refractivity contribution in [2.45, 2.75) is 51.9 Å². The number of nitrogens with zero attached hydrogens (tertiary/aromatic N) is 3. The van der Waals surface area contributed by atoms with Crippen molar-refractivity contribution < 1.29 is 9.59 Å². The van der Waals surface area contributed by atoms with E-state index in [1.165, 1.54) is 11.8 Å². The minimum Gasteiger partial charge on any atom is -0.342 e. The fourth-order valence-electron chi connectivity index (χ4n) is 3.66. The van der Waals surface area contributed by atoms with E-state index < -0.39 is 0 Å². The van der Waals surface area contributed by atoms with Crippen molar-refractivity contribution >= 4 is 75.1 Å². The summed E-state index contributed by atoms with van der Waals surface area (Å²) < 4.78 is 3.05. The quantitative estimate of drug-likeness (QED) is 0.185. The van der Waals surface area contributed by atoms with Gasteiger partial charge in [-0.15, -0.1) is 10.2 Å². The van der Waals surface area contributed by atoms with Gasteiger partial charge in [-0.2, -0.15) is 0 Å². The Hall–Kier alpha value is -1.82. The van der Waals surface area contributed by atoms with Crippen molar-refractivity contribution in [3.05, 3.63) is 67.0 Å². The number of halogens is 3. The third-order valence-corrected chi connectivity index (χ3v) is 7.54. The number of anilines is 1. The number of nitrogens with one attached hydrogen (secondary N) is 2. The molecule has 2 N–H and O–H groups in total. The minimum absolute atomic E-state index is 0.124. The van der Waals surface area contributed by atoms with Gasteiger partial charge in [0, 0.05) is 20.8 Å². The molecular formula is C25H28Cl2IN5O2S. The van der Waals surface area contributed by atoms with Gasteiger partial charge < -0.3 is 15.2 Å². The summed E-state index contributed by atoms with van der Waals surface area (Å²) in [6, 6.07) is 10.3. The molecule has 0 aliphatic heterocycles. The lowest BCUT2D eigenvalue weighted by Crippen LogP contribution is -2.32. The molecule has 2 aromatic carbocycles. The molecule has 1 heterocycles. The highest BCUT2D eigenvalue weighted by molar-refractivity contribution is 14.1. The van der Waals surface area contributed by atoms with Crippen LogP contribution in [-0.2, 0) is 11.3 Å². The summed E-state index contributed by atoms with van der Waals surface area (Å²) in [6.45, 7) is 8.69. The molecule has 0 spiro atoms. The average Bonchev–Trinajstić information content (AvgIpc) is 3.21. The molecule has 1 atom stereocenters. The van der Waals surface area contributed by atoms with Gasteiger partial charge in [0.1, 0.15) is 0 Å². The molecule has 0 saturated carbocycles. The van der Waals surface area contributed by atoms with Crippen LogP contribution in [0, 0.1) is 16.4 Å². The number of carbonyl (C=O) groups excluding carboxylic acids is 2. The van der Waals surface area contributed by atoms with Crippen LogP contribution in [0.25, 0.3) is 0 Å². The Balaban J connectivity index is 1.75. The molecule has 192 valence electrons. The molecule has 3 rings (SSSR count). The Morgan fingerprint density at radius 2 is 1.89 bits per heavy atom. The summed E-state index contributed by atoms with van der Waals surface area (Å²) in [5.41, 5.74) is 2.14. The van der Waals surface area contributed by atoms with Crippen LogP contribution >= 0.6 is 57.6 Å². The first-order chi connectivity index (χ1) is 17.1. The Bertz CT molecular complexity index is 1250. The summed E-state index contributed by atoms with van der Waals surface area (Å²) >= 11 is 15.8. The van der Waals surface area contributed by atoms with Crippen LogP contribution in [-0.4, -0.2) is 32.3 Å². The number of hydrogen-bond acceptors (Lipinski definition) is 5. The standard InChI is InChI=1S/C25H28Cl2IN5O2S/c1-5-33-23(21(10-14(2)3)30-24(35)18-8-6-16(26)12-19(18)27)31-32-25(33)36-13-22(34)29-20-9-7-17(28)11-15(20)4/h6-9,11-12,14,21H,5,10,13H2,1-4H3,(H,29,34)(H,30,35)/t21-/m1/s1. The molecule has 0 unspecified atom stereocenters. The van der Waals surface area contributed by atoms with Gasteiger partial charge in [-0.1, -0.05) is 48.8 Å². The van der Waals surface area contributed by atoms with Crippen molar-refractivity contribution in [2.75, 3.05) is 11.1 Å². The monoisotopic (exact) mass is 659 g/mol. The van der Waals surface area contributed by atoms with E-state index in [4.69, 9.17) is 23.2 Å². The lowest BCUT2D eigenvalue weighted by Gasteiger charge is -2.21. The van der Waals surface area contributed by atoms with Crippen LogP contribution in [0.1, 0.15) is 55.0 Å². The van der Waals surface area contributed by atoms with Crippen LogP contribution in [0.5, 0.6) is 0 Å². The fraction of sp³-hybridized carbons (Fsp3) is 0.360. The minimum atomic E-state index is -0.380. The van der Waals surface area contributed by atoms with Gasteiger partial charge in [-0.25, -0.2) is 0 Å². The zero-order chi connectivity index (χ0) is 26.4. The molecule has 0 saturated heterocycles. The number of amides is 2. The third-order valence-electron chi connectivity index (χ3n) is 5.36. The second kappa shape index (κ2) is 13.1. The maximum absolute atomic E-state index is 13.0. The van der Waals surface area contributed by atoms with Crippen LogP contribution < -0.4 is 10.6 Å². The summed E-state index contributed by atoms with van der Waals surface area (Å²) in [7, 11) is 0. The number of aryl methyl sites for hydroxylation is 1. The van der Waals surface area contributed by atoms with Gasteiger partial charge in [0.25, 0.3) is 5.91 Å². The van der Waals surface area contributed by atoms with Crippen molar-refractivity contribution in [2.24, 2.45) is 5.92 Å². The van der Waals surface area contributed by atoms with Crippen molar-refractivity contribution in [1.82, 2.24) is 20.1 Å². The molecule has 1 aromatic heterocycles. The molecule has 0 radical (unpaired) electrons. The highest BCUT2D eigenvalue weighted by Gasteiger charge is 2.25. The number of rotatable bonds is 10. The van der Waals surface area contributed by atoms with Gasteiger partial charge in [-0.3, -0.25) is 9.59 Å². The Labute approximate surface area is 239 Å². The molecule has 0 aliphatic rings. The molecule has 0 bridgehead atoms. The van der Waals surface area contributed by atoms with Crippen LogP contribution in [0.4, 0.5) is 5.69 Å². The van der Waals surface area contributed by atoms with E-state index in [0.29, 0.717) is 34.5 Å². The largest absolute Gasteiger partial charge is 0.342 e. The van der Waals surface area contributed by atoms with Gasteiger partial charge in [-0.05, 0) is 90.7 Å². The Kier molecular flexibility index (Phi) is 10.5. The number of hydrogen-bond donors (Lipinski definition) is 2. The molecule has 36 heavy (non-hydrogen) atoms. The SMILES string of the molecule is CCn1c(SCC(=O)Nc2ccc(I)cc2C)nnc1[C@@H](CC(C)C)NC(=O)c1ccc(Cl)cc1Cl. The summed E-state index contributed by atoms with van der Waals surface area (Å²) in [5, 5.41) is 16.1. The second-order valence-electron chi connectivity index (χ2n) is 8.66. The molecule has 0 fully saturated rings. The van der Waals surface area contributed by atoms with E-state index in [1.807, 2.05) is 36.6 Å². The number of carbonyl (C=O) groups is 2. The molecule has 7 nitrogen and oxygen atoms in total. The fourth-order valence-corrected chi connectivity index (χ4v) is 5.61. The molecule has 0 aliphatic carbocycles. The van der Waals surface area contributed by atoms with Gasteiger partial charge >= 0.3 is 0 Å². The lowest BCUT2D eigenvalue weighted by molar-refractivity contribution is -0.113. The first-order valence-electron chi connectivity index (χ1n) is 11.5. The summed E-state index contributed by atoms with van der Waals surface area (Å²) in [4.78, 5) is 25.6. The predicted molar refractivity (Wildman–Crippen MR) is 155 cm³/mol. The van der Waals surface area contributed by atoms with Crippen LogP contribution in [0.15, 0.2) is 41.6 Å². The maximum atomic E-state index is 13.0. The van der Waals surface area contributed by atoms with Gasteiger partial charge in [0.2, 0.25) is 5.91 Å². The maximum Gasteiger partial charge on any atom is 0.253 e. The molecular weight excluding hydrogens is 632 g/mol. The van der Waals surface area contributed by atoms with E-state index in [1.54, 1.807) is 18.2 Å². The van der Waals surface area contributed by atoms with Gasteiger partial charge in [0.15, 0.2) is 11.0 Å². The Morgan fingerprint density at radius 1 is 1.14 bits per heavy atom. The van der Waals surface area contributed by atoms with E-state index in [0.717, 1.165) is 14.8 Å². The molecule has 2 amide bonds. The van der Waals surface area contributed by atoms with E-state index in [9.17, 15) is 9.59 Å². The van der Waals surface area contributed by atoms with E-state index >= 15 is 0 Å². The third kappa shape index (κ3) is 7.60. The molecule has 11 heteroatoms. The number of aromatic nitrogens is 3. The highest BCUT2D eigenvalue weighted by Crippen LogP contribution is 2.27. The topological polar surface area (TPSA) is 88.9 Å². The second-order valence-corrected chi connectivity index (χ2v) is 11.7. The van der Waals surface area contributed by atoms with Crippen LogP contribution in [0.2, 0.25) is 10.0 Å². The highest BCUT2D eigenvalue weighted by atomic mass is 127. The zero-order valence-corrected chi connectivity index (χ0v) is 24.9. The number of benzene rings is 2. The number of thioether (sulfide) groups is 1. The summed E-state index contributed by atoms with van der Waals surface area (Å²) in [6.07, 6.45) is 0.659. The van der Waals surface area contributed by atoms with E-state index in [2.05, 4.69) is 57.3 Å². The lowest BCUT2D eigenvalue weighted by atomic mass is 10.0. The summed E-state index contributed by atoms with van der Waals surface area (Å²) in [5.74, 6) is 0.680. The Morgan fingerprint density at radius 3 is 2.53 bits per heavy atom. The first kappa shape index (κ1) is 28.7. The van der Waals surface area contributed by atoms with Crippen molar-refractivity contribution in [3.8, 4) is 0 Å². The normalized spacial score (nSPS) is 12.0. The zero-order valence-electron chi connectivity index (χ0n) is 20.4. The van der Waals surface area contributed by atoms with Crippen molar-refractivity contribution in [1.29, 1.82) is 0 Å². The smallest absolute Gasteiger partial charge is 0.253 e. The van der Waals surface area contributed by atoms with Crippen molar-refractivity contribution in [3.63, 3.8) is 0 Å². The van der Waals surface area contributed by atoms with Gasteiger partial charge in [0.05, 0.1) is 22.4 Å². The average molecular weight is 660 g/mol. The predicted octanol–water partition coefficient (Wildman–Crippen LogP) is 6.77. The van der Waals surface area contributed by atoms with E-state index in [-0.39, 0.29) is 34.5 Å². The first-order valence-corrected chi connectivity index (χ1v) is 14.3. The van der Waals surface area contributed by atoms with Crippen LogP contribution in [0.3, 0.4) is 0 Å².